The van der Waals surface area contributed by atoms with Gasteiger partial charge in [-0.15, -0.1) is 0 Å². The smallest absolute Gasteiger partial charge is 0.261 e. The molecule has 0 radical (unpaired) electrons. The fraction of sp³-hybridized carbons (Fsp3) is 0.348. The standard InChI is InChI=1S/C23H29NO2Si/c1-6-17-23(5,24-19-25)18-26-27(22(2,3)4,20-13-9-7-10-14-20)21-15-11-8-12-16-21/h6-17H,18H2,1-5H3/b17-6+/t23-/m0/s1. The number of isocyanates is 1. The maximum atomic E-state index is 11.0. The number of nitrogens with zero attached hydrogens (tertiary/aromatic N) is 1. The Morgan fingerprint density at radius 1 is 0.963 bits per heavy atom. The van der Waals surface area contributed by atoms with Crippen molar-refractivity contribution in [3.05, 3.63) is 72.8 Å². The van der Waals surface area contributed by atoms with Gasteiger partial charge >= 0.3 is 0 Å². The fourth-order valence-corrected chi connectivity index (χ4v) is 8.26. The third-order valence-electron chi connectivity index (χ3n) is 4.82. The van der Waals surface area contributed by atoms with Crippen molar-refractivity contribution in [2.24, 2.45) is 4.99 Å². The van der Waals surface area contributed by atoms with Crippen molar-refractivity contribution in [1.82, 2.24) is 0 Å². The molecule has 27 heavy (non-hydrogen) atoms. The van der Waals surface area contributed by atoms with E-state index in [1.807, 2.05) is 38.1 Å². The van der Waals surface area contributed by atoms with Gasteiger partial charge in [0.05, 0.1) is 6.61 Å². The first-order chi connectivity index (χ1) is 12.8. The topological polar surface area (TPSA) is 38.7 Å². The van der Waals surface area contributed by atoms with Gasteiger partial charge in [-0.2, -0.15) is 4.99 Å². The summed E-state index contributed by atoms with van der Waals surface area (Å²) >= 11 is 0. The number of carbonyl (C=O) groups excluding carboxylic acids is 1. The zero-order valence-electron chi connectivity index (χ0n) is 16.9. The van der Waals surface area contributed by atoms with E-state index < -0.39 is 13.9 Å². The fourth-order valence-electron chi connectivity index (χ4n) is 3.60. The molecule has 2 aromatic rings. The van der Waals surface area contributed by atoms with Crippen molar-refractivity contribution in [3.8, 4) is 0 Å². The van der Waals surface area contributed by atoms with Crippen LogP contribution in [0.3, 0.4) is 0 Å². The highest BCUT2D eigenvalue weighted by Gasteiger charge is 2.50. The van der Waals surface area contributed by atoms with E-state index in [1.165, 1.54) is 10.4 Å². The molecule has 4 heteroatoms. The third kappa shape index (κ3) is 4.53. The van der Waals surface area contributed by atoms with Crippen LogP contribution < -0.4 is 10.4 Å². The maximum Gasteiger partial charge on any atom is 0.261 e. The maximum absolute atomic E-state index is 11.0. The lowest BCUT2D eigenvalue weighted by atomic mass is 10.1. The first-order valence-corrected chi connectivity index (χ1v) is 11.2. The second-order valence-electron chi connectivity index (χ2n) is 8.01. The van der Waals surface area contributed by atoms with Crippen molar-refractivity contribution in [2.75, 3.05) is 6.61 Å². The summed E-state index contributed by atoms with van der Waals surface area (Å²) in [6.45, 7) is 10.8. The first-order valence-electron chi connectivity index (χ1n) is 9.27. The number of rotatable bonds is 7. The predicted molar refractivity (Wildman–Crippen MR) is 115 cm³/mol. The molecule has 0 aliphatic heterocycles. The van der Waals surface area contributed by atoms with E-state index in [9.17, 15) is 4.79 Å². The van der Waals surface area contributed by atoms with Crippen LogP contribution in [0.5, 0.6) is 0 Å². The van der Waals surface area contributed by atoms with Gasteiger partial charge in [-0.25, -0.2) is 4.79 Å². The molecule has 0 unspecified atom stereocenters. The summed E-state index contributed by atoms with van der Waals surface area (Å²) in [4.78, 5) is 15.0. The van der Waals surface area contributed by atoms with Gasteiger partial charge in [0.2, 0.25) is 6.08 Å². The Morgan fingerprint density at radius 2 is 1.44 bits per heavy atom. The van der Waals surface area contributed by atoms with E-state index in [0.717, 1.165) is 0 Å². The van der Waals surface area contributed by atoms with Crippen LogP contribution in [-0.2, 0) is 9.22 Å². The summed E-state index contributed by atoms with van der Waals surface area (Å²) in [5.74, 6) is 0. The Labute approximate surface area is 163 Å². The zero-order valence-corrected chi connectivity index (χ0v) is 17.9. The first kappa shape index (κ1) is 21.0. The molecule has 1 atom stereocenters. The average molecular weight is 380 g/mol. The average Bonchev–Trinajstić information content (AvgIpc) is 2.63. The van der Waals surface area contributed by atoms with Crippen LogP contribution in [0.15, 0.2) is 77.8 Å². The van der Waals surface area contributed by atoms with E-state index in [4.69, 9.17) is 4.43 Å². The number of allylic oxidation sites excluding steroid dienone is 1. The van der Waals surface area contributed by atoms with Gasteiger partial charge in [-0.3, -0.25) is 0 Å². The molecule has 0 aromatic heterocycles. The van der Waals surface area contributed by atoms with Gasteiger partial charge in [0.15, 0.2) is 0 Å². The van der Waals surface area contributed by atoms with Crippen molar-refractivity contribution in [1.29, 1.82) is 0 Å². The highest BCUT2D eigenvalue weighted by molar-refractivity contribution is 6.99. The van der Waals surface area contributed by atoms with Crippen molar-refractivity contribution in [2.45, 2.75) is 45.2 Å². The Morgan fingerprint density at radius 3 is 1.81 bits per heavy atom. The Bertz CT molecular complexity index is 766. The molecule has 0 fully saturated rings. The van der Waals surface area contributed by atoms with Gasteiger partial charge < -0.3 is 4.43 Å². The van der Waals surface area contributed by atoms with Crippen LogP contribution in [0.2, 0.25) is 5.04 Å². The lowest BCUT2D eigenvalue weighted by molar-refractivity contribution is 0.246. The number of hydrogen-bond donors (Lipinski definition) is 0. The van der Waals surface area contributed by atoms with Crippen molar-refractivity contribution in [3.63, 3.8) is 0 Å². The molecule has 2 aromatic carbocycles. The summed E-state index contributed by atoms with van der Waals surface area (Å²) in [5.41, 5.74) is -0.733. The van der Waals surface area contributed by atoms with E-state index in [2.05, 4.69) is 74.3 Å². The summed E-state index contributed by atoms with van der Waals surface area (Å²) in [7, 11) is -2.64. The largest absolute Gasteiger partial charge is 0.405 e. The van der Waals surface area contributed by atoms with Crippen LogP contribution in [0.4, 0.5) is 0 Å². The summed E-state index contributed by atoms with van der Waals surface area (Å²) < 4.78 is 6.85. The lowest BCUT2D eigenvalue weighted by Gasteiger charge is -2.44. The molecule has 0 saturated carbocycles. The van der Waals surface area contributed by atoms with Crippen LogP contribution in [-0.4, -0.2) is 26.5 Å². The Hall–Kier alpha value is -2.26. The van der Waals surface area contributed by atoms with Crippen LogP contribution >= 0.6 is 0 Å². The van der Waals surface area contributed by atoms with Crippen molar-refractivity contribution < 1.29 is 9.22 Å². The molecule has 0 amide bonds. The minimum atomic E-state index is -2.64. The molecule has 142 valence electrons. The molecule has 0 spiro atoms. The second kappa shape index (κ2) is 8.62. The van der Waals surface area contributed by atoms with E-state index in [-0.39, 0.29) is 5.04 Å². The van der Waals surface area contributed by atoms with Gasteiger partial charge in [0, 0.05) is 0 Å². The highest BCUT2D eigenvalue weighted by Crippen LogP contribution is 2.37. The Kier molecular flexibility index (Phi) is 6.72. The third-order valence-corrected chi connectivity index (χ3v) is 9.81. The molecular formula is C23H29NO2Si. The number of hydrogen-bond acceptors (Lipinski definition) is 3. The summed E-state index contributed by atoms with van der Waals surface area (Å²) in [6, 6.07) is 20.9. The van der Waals surface area contributed by atoms with Gasteiger partial charge in [-0.05, 0) is 29.3 Å². The zero-order chi connectivity index (χ0) is 20.0. The van der Waals surface area contributed by atoms with Gasteiger partial charge in [0.1, 0.15) is 5.54 Å². The summed E-state index contributed by atoms with van der Waals surface area (Å²) in [6.07, 6.45) is 5.50. The van der Waals surface area contributed by atoms with Crippen LogP contribution in [0.1, 0.15) is 34.6 Å². The van der Waals surface area contributed by atoms with Gasteiger partial charge in [-0.1, -0.05) is 93.6 Å². The monoisotopic (exact) mass is 379 g/mol. The molecular weight excluding hydrogens is 350 g/mol. The van der Waals surface area contributed by atoms with Gasteiger partial charge in [0.25, 0.3) is 8.32 Å². The molecule has 0 aliphatic rings. The molecule has 0 aliphatic carbocycles. The SMILES string of the molecule is C/C=C/[C@@](C)(CO[Si](c1ccccc1)(c1ccccc1)C(C)(C)C)N=C=O. The summed E-state index contributed by atoms with van der Waals surface area (Å²) in [5, 5.41) is 2.31. The molecule has 0 bridgehead atoms. The Balaban J connectivity index is 2.64. The van der Waals surface area contributed by atoms with E-state index in [0.29, 0.717) is 6.61 Å². The molecule has 0 heterocycles. The lowest BCUT2D eigenvalue weighted by Crippen LogP contribution is -2.67. The molecule has 2 rings (SSSR count). The minimum absolute atomic E-state index is 0.114. The van der Waals surface area contributed by atoms with E-state index in [1.54, 1.807) is 6.08 Å². The minimum Gasteiger partial charge on any atom is -0.405 e. The second-order valence-corrected chi connectivity index (χ2v) is 12.3. The van der Waals surface area contributed by atoms with Crippen LogP contribution in [0.25, 0.3) is 0 Å². The number of aliphatic imine (C=N–C) groups is 1. The normalized spacial score (nSPS) is 14.6. The van der Waals surface area contributed by atoms with E-state index >= 15 is 0 Å². The molecule has 3 nitrogen and oxygen atoms in total. The molecule has 0 N–H and O–H groups in total. The number of benzene rings is 2. The molecule has 0 saturated heterocycles. The quantitative estimate of drug-likeness (QED) is 0.312. The van der Waals surface area contributed by atoms with Crippen molar-refractivity contribution >= 4 is 24.8 Å². The predicted octanol–water partition coefficient (Wildman–Crippen LogP) is 4.23. The van der Waals surface area contributed by atoms with Crippen LogP contribution in [0, 0.1) is 0 Å². The highest BCUT2D eigenvalue weighted by atomic mass is 28.4.